The number of oxime groups is 1. The van der Waals surface area contributed by atoms with Gasteiger partial charge in [0, 0.05) is 24.7 Å². The van der Waals surface area contributed by atoms with Crippen molar-refractivity contribution >= 4 is 5.71 Å². The van der Waals surface area contributed by atoms with E-state index in [1.54, 1.807) is 0 Å². The van der Waals surface area contributed by atoms with E-state index in [-0.39, 0.29) is 0 Å². The van der Waals surface area contributed by atoms with Crippen LogP contribution in [0.15, 0.2) is 47.8 Å². The maximum absolute atomic E-state index is 8.82. The van der Waals surface area contributed by atoms with Crippen LogP contribution in [0.3, 0.4) is 0 Å². The topological polar surface area (TPSA) is 67.5 Å². The van der Waals surface area contributed by atoms with Gasteiger partial charge in [0.05, 0.1) is 12.3 Å². The Morgan fingerprint density at radius 3 is 2.71 bits per heavy atom. The van der Waals surface area contributed by atoms with Crippen LogP contribution in [0.2, 0.25) is 0 Å². The highest BCUT2D eigenvalue weighted by atomic mass is 16.6. The van der Waals surface area contributed by atoms with Crippen molar-refractivity contribution in [1.82, 2.24) is 4.98 Å². The van der Waals surface area contributed by atoms with Gasteiger partial charge in [-0.2, -0.15) is 5.26 Å². The molecule has 0 radical (unpaired) electrons. The minimum atomic E-state index is -0.470. The van der Waals surface area contributed by atoms with Crippen molar-refractivity contribution in [3.8, 4) is 11.8 Å². The third-order valence-electron chi connectivity index (χ3n) is 3.92. The van der Waals surface area contributed by atoms with E-state index in [9.17, 15) is 0 Å². The van der Waals surface area contributed by atoms with E-state index in [0.29, 0.717) is 13.0 Å². The molecule has 0 bridgehead atoms. The Balaban J connectivity index is 1.50. The average Bonchev–Trinajstić information content (AvgIpc) is 3.12. The lowest BCUT2D eigenvalue weighted by Crippen LogP contribution is -2.05. The van der Waals surface area contributed by atoms with Crippen LogP contribution in [-0.4, -0.2) is 23.4 Å². The normalized spacial score (nSPS) is 16.2. The number of rotatable bonds is 6. The molecule has 1 unspecified atom stereocenters. The van der Waals surface area contributed by atoms with Crippen molar-refractivity contribution in [2.45, 2.75) is 32.3 Å². The molecular formula is C19H19N3O2. The van der Waals surface area contributed by atoms with E-state index in [1.165, 1.54) is 5.56 Å². The molecule has 122 valence electrons. The SMILES string of the molecule is CCc1ccc(CCOc2ccc(C3=NOC(C#N)C3)cc2)nc1. The van der Waals surface area contributed by atoms with Crippen molar-refractivity contribution in [2.75, 3.05) is 6.61 Å². The van der Waals surface area contributed by atoms with Crippen molar-refractivity contribution in [2.24, 2.45) is 5.16 Å². The first kappa shape index (κ1) is 16.0. The van der Waals surface area contributed by atoms with Crippen molar-refractivity contribution in [3.63, 3.8) is 0 Å². The van der Waals surface area contributed by atoms with Crippen LogP contribution in [0, 0.1) is 11.3 Å². The second kappa shape index (κ2) is 7.60. The summed E-state index contributed by atoms with van der Waals surface area (Å²) in [6.07, 6.45) is 3.75. The van der Waals surface area contributed by atoms with E-state index >= 15 is 0 Å². The number of nitrogens with zero attached hydrogens (tertiary/aromatic N) is 3. The molecule has 0 aliphatic carbocycles. The maximum atomic E-state index is 8.82. The summed E-state index contributed by atoms with van der Waals surface area (Å²) in [5.74, 6) is 0.806. The summed E-state index contributed by atoms with van der Waals surface area (Å²) in [7, 11) is 0. The largest absolute Gasteiger partial charge is 0.493 e. The zero-order valence-corrected chi connectivity index (χ0v) is 13.6. The fourth-order valence-electron chi connectivity index (χ4n) is 2.45. The molecule has 2 heterocycles. The Bertz CT molecular complexity index is 746. The summed E-state index contributed by atoms with van der Waals surface area (Å²) < 4.78 is 5.76. The number of hydrogen-bond acceptors (Lipinski definition) is 5. The molecule has 0 amide bonds. The van der Waals surface area contributed by atoms with Crippen LogP contribution < -0.4 is 4.74 Å². The van der Waals surface area contributed by atoms with E-state index in [1.807, 2.05) is 30.5 Å². The molecule has 0 N–H and O–H groups in total. The van der Waals surface area contributed by atoms with Crippen LogP contribution in [-0.2, 0) is 17.7 Å². The molecule has 0 spiro atoms. The lowest BCUT2D eigenvalue weighted by atomic mass is 10.1. The quantitative estimate of drug-likeness (QED) is 0.819. The number of aromatic nitrogens is 1. The zero-order valence-electron chi connectivity index (χ0n) is 13.6. The van der Waals surface area contributed by atoms with Crippen molar-refractivity contribution in [1.29, 1.82) is 5.26 Å². The average molecular weight is 321 g/mol. The number of benzene rings is 1. The molecule has 0 saturated carbocycles. The van der Waals surface area contributed by atoms with Gasteiger partial charge in [-0.05, 0) is 47.9 Å². The fourth-order valence-corrected chi connectivity index (χ4v) is 2.45. The Hall–Kier alpha value is -2.87. The molecule has 3 rings (SSSR count). The third-order valence-corrected chi connectivity index (χ3v) is 3.92. The predicted molar refractivity (Wildman–Crippen MR) is 90.9 cm³/mol. The standard InChI is InChI=1S/C19H19N3O2/c1-2-14-3-6-16(21-13-14)9-10-23-17-7-4-15(5-8-17)19-11-18(12-20)24-22-19/h3-8,13,18H,2,9-11H2,1H3. The number of aryl methyl sites for hydroxylation is 1. The van der Waals surface area contributed by atoms with Crippen molar-refractivity contribution in [3.05, 3.63) is 59.4 Å². The zero-order chi connectivity index (χ0) is 16.8. The second-order valence-electron chi connectivity index (χ2n) is 5.60. The monoisotopic (exact) mass is 321 g/mol. The summed E-state index contributed by atoms with van der Waals surface area (Å²) in [6, 6.07) is 13.9. The molecule has 1 aromatic heterocycles. The molecule has 0 fully saturated rings. The Morgan fingerprint density at radius 2 is 2.08 bits per heavy atom. The first-order valence-corrected chi connectivity index (χ1v) is 8.08. The molecule has 1 atom stereocenters. The van der Waals surface area contributed by atoms with Gasteiger partial charge in [0.1, 0.15) is 11.8 Å². The van der Waals surface area contributed by atoms with Crippen molar-refractivity contribution < 1.29 is 9.57 Å². The van der Waals surface area contributed by atoms with Gasteiger partial charge < -0.3 is 9.57 Å². The number of pyridine rings is 1. The fraction of sp³-hybridized carbons (Fsp3) is 0.316. The van der Waals surface area contributed by atoms with Crippen LogP contribution in [0.25, 0.3) is 0 Å². The molecule has 5 nitrogen and oxygen atoms in total. The minimum Gasteiger partial charge on any atom is -0.493 e. The van der Waals surface area contributed by atoms with Gasteiger partial charge >= 0.3 is 0 Å². The highest BCUT2D eigenvalue weighted by Crippen LogP contribution is 2.19. The van der Waals surface area contributed by atoms with E-state index in [0.717, 1.165) is 35.6 Å². The molecule has 1 aromatic carbocycles. The molecule has 24 heavy (non-hydrogen) atoms. The van der Waals surface area contributed by atoms with Gasteiger partial charge in [-0.25, -0.2) is 0 Å². The van der Waals surface area contributed by atoms with E-state index in [4.69, 9.17) is 14.8 Å². The molecule has 1 aliphatic rings. The predicted octanol–water partition coefficient (Wildman–Crippen LogP) is 3.28. The van der Waals surface area contributed by atoms with Crippen LogP contribution in [0.4, 0.5) is 0 Å². The molecule has 0 saturated heterocycles. The van der Waals surface area contributed by atoms with Crippen LogP contribution in [0.5, 0.6) is 5.75 Å². The van der Waals surface area contributed by atoms with Gasteiger partial charge in [0.25, 0.3) is 0 Å². The summed E-state index contributed by atoms with van der Waals surface area (Å²) in [4.78, 5) is 9.44. The van der Waals surface area contributed by atoms with Gasteiger partial charge in [-0.15, -0.1) is 0 Å². The Morgan fingerprint density at radius 1 is 1.25 bits per heavy atom. The lowest BCUT2D eigenvalue weighted by molar-refractivity contribution is 0.125. The maximum Gasteiger partial charge on any atom is 0.218 e. The van der Waals surface area contributed by atoms with Gasteiger partial charge in [-0.1, -0.05) is 18.1 Å². The Kier molecular flexibility index (Phi) is 5.07. The van der Waals surface area contributed by atoms with Crippen LogP contribution >= 0.6 is 0 Å². The highest BCUT2D eigenvalue weighted by Gasteiger charge is 2.21. The van der Waals surface area contributed by atoms with Gasteiger partial charge in [-0.3, -0.25) is 4.98 Å². The van der Waals surface area contributed by atoms with E-state index < -0.39 is 6.10 Å². The number of ether oxygens (including phenoxy) is 1. The summed E-state index contributed by atoms with van der Waals surface area (Å²) >= 11 is 0. The first-order valence-electron chi connectivity index (χ1n) is 8.08. The smallest absolute Gasteiger partial charge is 0.218 e. The lowest BCUT2D eigenvalue weighted by Gasteiger charge is -2.07. The molecular weight excluding hydrogens is 302 g/mol. The first-order chi connectivity index (χ1) is 11.8. The molecule has 5 heteroatoms. The van der Waals surface area contributed by atoms with Crippen LogP contribution in [0.1, 0.15) is 30.2 Å². The summed E-state index contributed by atoms with van der Waals surface area (Å²) in [5, 5.41) is 12.8. The minimum absolute atomic E-state index is 0.470. The molecule has 1 aliphatic heterocycles. The summed E-state index contributed by atoms with van der Waals surface area (Å²) in [6.45, 7) is 2.70. The summed E-state index contributed by atoms with van der Waals surface area (Å²) in [5.41, 5.74) is 4.03. The number of hydrogen-bond donors (Lipinski definition) is 0. The number of nitriles is 1. The Labute approximate surface area is 141 Å². The highest BCUT2D eigenvalue weighted by molar-refractivity contribution is 6.01. The second-order valence-corrected chi connectivity index (χ2v) is 5.60. The van der Waals surface area contributed by atoms with E-state index in [2.05, 4.69) is 35.3 Å². The van der Waals surface area contributed by atoms with Gasteiger partial charge in [0.2, 0.25) is 6.10 Å². The molecule has 2 aromatic rings. The third kappa shape index (κ3) is 3.90. The van der Waals surface area contributed by atoms with Gasteiger partial charge in [0.15, 0.2) is 0 Å².